The largest absolute Gasteiger partial charge is 0.340 e. The molecule has 0 fully saturated rings. The second-order valence-electron chi connectivity index (χ2n) is 5.97. The van der Waals surface area contributed by atoms with Crippen LogP contribution in [0.2, 0.25) is 0 Å². The van der Waals surface area contributed by atoms with Crippen molar-refractivity contribution in [3.8, 4) is 0 Å². The molecule has 6 heteroatoms. The lowest BCUT2D eigenvalue weighted by molar-refractivity contribution is 0.509. The molecule has 0 radical (unpaired) electrons. The Morgan fingerprint density at radius 1 is 0.720 bits per heavy atom. The summed E-state index contributed by atoms with van der Waals surface area (Å²) in [6.07, 6.45) is 0. The molecule has 0 unspecified atom stereocenters. The van der Waals surface area contributed by atoms with Crippen LogP contribution in [0.4, 0.5) is 31.9 Å². The first-order valence-electron chi connectivity index (χ1n) is 7.82. The van der Waals surface area contributed by atoms with E-state index in [4.69, 9.17) is 0 Å². The molecule has 25 heavy (non-hydrogen) atoms. The Kier molecular flexibility index (Phi) is 4.61. The number of rotatable bonds is 4. The Balaban J connectivity index is 1.85. The highest BCUT2D eigenvalue weighted by atomic mass is 19.2. The number of nitrogens with one attached hydrogen (secondary N) is 2. The third kappa shape index (κ3) is 4.29. The van der Waals surface area contributed by atoms with Gasteiger partial charge in [-0.2, -0.15) is 4.98 Å². The molecule has 0 saturated heterocycles. The molecule has 0 spiro atoms. The Labute approximate surface area is 145 Å². The van der Waals surface area contributed by atoms with Crippen molar-refractivity contribution >= 4 is 23.1 Å². The van der Waals surface area contributed by atoms with Gasteiger partial charge in [-0.25, -0.2) is 13.8 Å². The summed E-state index contributed by atoms with van der Waals surface area (Å²) in [4.78, 5) is 8.75. The minimum atomic E-state index is -0.913. The topological polar surface area (TPSA) is 49.8 Å². The van der Waals surface area contributed by atoms with E-state index in [1.807, 2.05) is 32.9 Å². The van der Waals surface area contributed by atoms with E-state index < -0.39 is 11.6 Å². The van der Waals surface area contributed by atoms with Crippen LogP contribution >= 0.6 is 0 Å². The van der Waals surface area contributed by atoms with Crippen LogP contribution < -0.4 is 10.6 Å². The molecule has 0 aliphatic carbocycles. The minimum absolute atomic E-state index is 0.411. The van der Waals surface area contributed by atoms with Crippen LogP contribution in [0.1, 0.15) is 16.8 Å². The van der Waals surface area contributed by atoms with Gasteiger partial charge in [-0.05, 0) is 56.2 Å². The van der Waals surface area contributed by atoms with Gasteiger partial charge in [-0.15, -0.1) is 0 Å². The zero-order valence-electron chi connectivity index (χ0n) is 14.2. The van der Waals surface area contributed by atoms with Gasteiger partial charge in [0, 0.05) is 29.2 Å². The highest BCUT2D eigenvalue weighted by molar-refractivity contribution is 5.61. The summed E-state index contributed by atoms with van der Waals surface area (Å²) in [7, 11) is 0. The van der Waals surface area contributed by atoms with E-state index in [1.165, 1.54) is 6.07 Å². The van der Waals surface area contributed by atoms with Gasteiger partial charge < -0.3 is 10.6 Å². The fraction of sp³-hybridized carbons (Fsp3) is 0.158. The van der Waals surface area contributed by atoms with Crippen molar-refractivity contribution in [2.45, 2.75) is 20.8 Å². The van der Waals surface area contributed by atoms with Gasteiger partial charge in [0.05, 0.1) is 0 Å². The minimum Gasteiger partial charge on any atom is -0.340 e. The molecule has 0 saturated carbocycles. The van der Waals surface area contributed by atoms with Crippen LogP contribution in [0.3, 0.4) is 0 Å². The van der Waals surface area contributed by atoms with Gasteiger partial charge in [-0.1, -0.05) is 6.07 Å². The van der Waals surface area contributed by atoms with Gasteiger partial charge in [0.2, 0.25) is 5.95 Å². The maximum atomic E-state index is 13.3. The normalized spacial score (nSPS) is 10.6. The average Bonchev–Trinajstić information content (AvgIpc) is 2.49. The number of nitrogens with zero attached hydrogens (tertiary/aromatic N) is 2. The van der Waals surface area contributed by atoms with Crippen molar-refractivity contribution in [2.75, 3.05) is 10.6 Å². The lowest BCUT2D eigenvalue weighted by Crippen LogP contribution is -2.03. The van der Waals surface area contributed by atoms with E-state index in [1.54, 1.807) is 6.07 Å². The fourth-order valence-corrected chi connectivity index (χ4v) is 2.59. The molecule has 1 aromatic heterocycles. The number of aryl methyl sites for hydroxylation is 3. The Hall–Kier alpha value is -3.02. The summed E-state index contributed by atoms with van der Waals surface area (Å²) in [5, 5.41) is 6.14. The van der Waals surface area contributed by atoms with Crippen molar-refractivity contribution in [3.05, 3.63) is 70.9 Å². The zero-order chi connectivity index (χ0) is 18.0. The third-order valence-corrected chi connectivity index (χ3v) is 3.52. The molecule has 0 amide bonds. The summed E-state index contributed by atoms with van der Waals surface area (Å²) >= 11 is 0. The molecule has 0 atom stereocenters. The van der Waals surface area contributed by atoms with Crippen LogP contribution in [-0.4, -0.2) is 9.97 Å². The monoisotopic (exact) mass is 340 g/mol. The number of hydrogen-bond donors (Lipinski definition) is 2. The summed E-state index contributed by atoms with van der Waals surface area (Å²) in [5.74, 6) is -0.883. The first-order valence-corrected chi connectivity index (χ1v) is 7.82. The molecule has 3 rings (SSSR count). The van der Waals surface area contributed by atoms with Crippen LogP contribution in [0.15, 0.2) is 42.5 Å². The highest BCUT2D eigenvalue weighted by Gasteiger charge is 2.07. The van der Waals surface area contributed by atoms with Crippen molar-refractivity contribution in [2.24, 2.45) is 0 Å². The molecule has 0 bridgehead atoms. The lowest BCUT2D eigenvalue weighted by atomic mass is 10.1. The second-order valence-corrected chi connectivity index (χ2v) is 5.97. The molecule has 1 heterocycles. The van der Waals surface area contributed by atoms with Crippen molar-refractivity contribution < 1.29 is 8.78 Å². The first kappa shape index (κ1) is 16.8. The Morgan fingerprint density at radius 2 is 1.44 bits per heavy atom. The smallest absolute Gasteiger partial charge is 0.229 e. The Morgan fingerprint density at radius 3 is 2.12 bits per heavy atom. The highest BCUT2D eigenvalue weighted by Crippen LogP contribution is 2.21. The zero-order valence-corrected chi connectivity index (χ0v) is 14.2. The summed E-state index contributed by atoms with van der Waals surface area (Å²) in [5.41, 5.74) is 4.31. The maximum Gasteiger partial charge on any atom is 0.229 e. The van der Waals surface area contributed by atoms with Crippen molar-refractivity contribution in [1.29, 1.82) is 0 Å². The number of hydrogen-bond acceptors (Lipinski definition) is 4. The van der Waals surface area contributed by atoms with Crippen LogP contribution in [-0.2, 0) is 0 Å². The molecule has 3 aromatic rings. The Bertz CT molecular complexity index is 905. The van der Waals surface area contributed by atoms with Crippen LogP contribution in [0, 0.1) is 32.4 Å². The number of anilines is 4. The van der Waals surface area contributed by atoms with Gasteiger partial charge >= 0.3 is 0 Å². The molecule has 128 valence electrons. The molecule has 0 aliphatic rings. The summed E-state index contributed by atoms with van der Waals surface area (Å²) in [6.45, 7) is 5.88. The molecule has 2 aromatic carbocycles. The van der Waals surface area contributed by atoms with E-state index in [0.29, 0.717) is 17.5 Å². The second kappa shape index (κ2) is 6.84. The molecular weight excluding hydrogens is 322 g/mol. The van der Waals surface area contributed by atoms with Crippen molar-refractivity contribution in [1.82, 2.24) is 9.97 Å². The molecule has 2 N–H and O–H groups in total. The van der Waals surface area contributed by atoms with Crippen LogP contribution in [0.5, 0.6) is 0 Å². The van der Waals surface area contributed by atoms with Gasteiger partial charge in [0.25, 0.3) is 0 Å². The number of benzene rings is 2. The predicted octanol–water partition coefficient (Wildman–Crippen LogP) is 5.17. The SMILES string of the molecule is Cc1cc(C)cc(Nc2nc(C)cc(Nc3ccc(F)c(F)c3)n2)c1. The summed E-state index contributed by atoms with van der Waals surface area (Å²) in [6, 6.07) is 11.4. The van der Waals surface area contributed by atoms with Crippen LogP contribution in [0.25, 0.3) is 0 Å². The first-order chi connectivity index (χ1) is 11.9. The number of aromatic nitrogens is 2. The van der Waals surface area contributed by atoms with E-state index in [0.717, 1.165) is 34.6 Å². The van der Waals surface area contributed by atoms with Crippen molar-refractivity contribution in [3.63, 3.8) is 0 Å². The van der Waals surface area contributed by atoms with Gasteiger partial charge in [0.1, 0.15) is 5.82 Å². The third-order valence-electron chi connectivity index (χ3n) is 3.52. The predicted molar refractivity (Wildman–Crippen MR) is 95.6 cm³/mol. The molecular formula is C19H18F2N4. The average molecular weight is 340 g/mol. The van der Waals surface area contributed by atoms with E-state index in [2.05, 4.69) is 26.7 Å². The van der Waals surface area contributed by atoms with E-state index >= 15 is 0 Å². The summed E-state index contributed by atoms with van der Waals surface area (Å²) < 4.78 is 26.4. The standard InChI is InChI=1S/C19H18F2N4/c1-11-6-12(2)8-15(7-11)24-19-22-13(3)9-18(25-19)23-14-4-5-16(20)17(21)10-14/h4-10H,1-3H3,(H2,22,23,24,25). The van der Waals surface area contributed by atoms with Gasteiger partial charge in [0.15, 0.2) is 11.6 Å². The quantitative estimate of drug-likeness (QED) is 0.688. The van der Waals surface area contributed by atoms with E-state index in [9.17, 15) is 8.78 Å². The lowest BCUT2D eigenvalue weighted by Gasteiger charge is -2.11. The van der Waals surface area contributed by atoms with E-state index in [-0.39, 0.29) is 0 Å². The fourth-order valence-electron chi connectivity index (χ4n) is 2.59. The number of halogens is 2. The van der Waals surface area contributed by atoms with Gasteiger partial charge in [-0.3, -0.25) is 0 Å². The molecule has 4 nitrogen and oxygen atoms in total. The molecule has 0 aliphatic heterocycles. The maximum absolute atomic E-state index is 13.3.